The number of nitrogens with zero attached hydrogens (tertiary/aromatic N) is 6. The number of carbonyl (C=O) groups excluding carboxylic acids is 1. The van der Waals surface area contributed by atoms with Gasteiger partial charge < -0.3 is 14.7 Å². The molecular weight excluding hydrogens is 394 g/mol. The molecule has 1 aromatic carbocycles. The predicted molar refractivity (Wildman–Crippen MR) is 116 cm³/mol. The van der Waals surface area contributed by atoms with Gasteiger partial charge in [-0.3, -0.25) is 4.79 Å². The Hall–Kier alpha value is -3.49. The van der Waals surface area contributed by atoms with Gasteiger partial charge in [-0.2, -0.15) is 4.52 Å². The average molecular weight is 419 g/mol. The summed E-state index contributed by atoms with van der Waals surface area (Å²) in [5, 5.41) is 21.2. The summed E-state index contributed by atoms with van der Waals surface area (Å²) >= 11 is 0. The number of anilines is 1. The van der Waals surface area contributed by atoms with E-state index in [0.29, 0.717) is 23.7 Å². The van der Waals surface area contributed by atoms with Crippen molar-refractivity contribution >= 4 is 28.3 Å². The van der Waals surface area contributed by atoms with Gasteiger partial charge in [0.15, 0.2) is 17.1 Å². The van der Waals surface area contributed by atoms with Crippen LogP contribution < -0.4 is 10.2 Å². The molecular formula is C22H25N7O2. The molecule has 1 aliphatic heterocycles. The summed E-state index contributed by atoms with van der Waals surface area (Å²) in [4.78, 5) is 14.6. The van der Waals surface area contributed by atoms with Gasteiger partial charge in [0.1, 0.15) is 11.5 Å². The van der Waals surface area contributed by atoms with E-state index < -0.39 is 0 Å². The molecule has 9 heteroatoms. The first kappa shape index (κ1) is 19.5. The maximum atomic E-state index is 12.4. The molecule has 0 unspecified atom stereocenters. The van der Waals surface area contributed by atoms with Gasteiger partial charge in [-0.05, 0) is 24.3 Å². The summed E-state index contributed by atoms with van der Waals surface area (Å²) in [5.74, 6) is 2.08. The van der Waals surface area contributed by atoms with Crippen LogP contribution in [0.3, 0.4) is 0 Å². The molecule has 4 heterocycles. The third kappa shape index (κ3) is 3.71. The van der Waals surface area contributed by atoms with Crippen molar-refractivity contribution in [1.29, 1.82) is 0 Å². The normalized spacial score (nSPS) is 14.9. The van der Waals surface area contributed by atoms with Crippen LogP contribution in [0.25, 0.3) is 16.6 Å². The lowest BCUT2D eigenvalue weighted by Gasteiger charge is -2.40. The Morgan fingerprint density at radius 3 is 2.77 bits per heavy atom. The molecule has 9 nitrogen and oxygen atoms in total. The number of amides is 1. The van der Waals surface area contributed by atoms with E-state index in [-0.39, 0.29) is 17.7 Å². The lowest BCUT2D eigenvalue weighted by Crippen LogP contribution is -2.52. The van der Waals surface area contributed by atoms with Gasteiger partial charge in [0, 0.05) is 36.4 Å². The molecule has 0 saturated carbocycles. The third-order valence-electron chi connectivity index (χ3n) is 5.57. The molecule has 1 fully saturated rings. The van der Waals surface area contributed by atoms with E-state index in [1.54, 1.807) is 0 Å². The van der Waals surface area contributed by atoms with Gasteiger partial charge in [0.05, 0.1) is 6.42 Å². The van der Waals surface area contributed by atoms with Crippen LogP contribution in [0.1, 0.15) is 32.3 Å². The first-order valence-corrected chi connectivity index (χ1v) is 10.5. The van der Waals surface area contributed by atoms with Gasteiger partial charge in [-0.25, -0.2) is 0 Å². The summed E-state index contributed by atoms with van der Waals surface area (Å²) in [6, 6.07) is 11.5. The second kappa shape index (κ2) is 7.33. The van der Waals surface area contributed by atoms with Crippen molar-refractivity contribution < 1.29 is 9.32 Å². The molecule has 3 aromatic heterocycles. The molecule has 5 rings (SSSR count). The Morgan fingerprint density at radius 2 is 1.97 bits per heavy atom. The second-order valence-electron chi connectivity index (χ2n) is 9.11. The maximum absolute atomic E-state index is 12.4. The highest BCUT2D eigenvalue weighted by atomic mass is 16.5. The number of aromatic nitrogens is 5. The fourth-order valence-corrected chi connectivity index (χ4v) is 3.84. The molecule has 31 heavy (non-hydrogen) atoms. The third-order valence-corrected chi connectivity index (χ3v) is 5.57. The molecule has 1 amide bonds. The van der Waals surface area contributed by atoms with Crippen LogP contribution in [0.2, 0.25) is 0 Å². The Labute approximate surface area is 179 Å². The van der Waals surface area contributed by atoms with E-state index in [0.717, 1.165) is 35.8 Å². The summed E-state index contributed by atoms with van der Waals surface area (Å²) in [7, 11) is 0. The zero-order chi connectivity index (χ0) is 21.6. The SMILES string of the molecule is CC(C)(C)c1nnc2ccc(N3CC(CNC(=O)Cc4noc5ccccc45)C3)nn12. The monoisotopic (exact) mass is 419 g/mol. The zero-order valence-electron chi connectivity index (χ0n) is 17.9. The number of rotatable bonds is 5. The number of fused-ring (bicyclic) bond motifs is 2. The van der Waals surface area contributed by atoms with Gasteiger partial charge in [0.25, 0.3) is 0 Å². The number of nitrogens with one attached hydrogen (secondary N) is 1. The fraction of sp³-hybridized carbons (Fsp3) is 0.409. The first-order valence-electron chi connectivity index (χ1n) is 10.5. The van der Waals surface area contributed by atoms with Crippen LogP contribution in [0.4, 0.5) is 5.82 Å². The number of hydrogen-bond acceptors (Lipinski definition) is 7. The van der Waals surface area contributed by atoms with Gasteiger partial charge in [-0.1, -0.05) is 38.1 Å². The van der Waals surface area contributed by atoms with Crippen LogP contribution >= 0.6 is 0 Å². The Kier molecular flexibility index (Phi) is 4.60. The van der Waals surface area contributed by atoms with Gasteiger partial charge in [-0.15, -0.1) is 15.3 Å². The smallest absolute Gasteiger partial charge is 0.226 e. The van der Waals surface area contributed by atoms with Crippen molar-refractivity contribution in [2.24, 2.45) is 5.92 Å². The minimum atomic E-state index is -0.137. The highest BCUT2D eigenvalue weighted by Gasteiger charge is 2.29. The number of para-hydroxylation sites is 1. The molecule has 0 spiro atoms. The lowest BCUT2D eigenvalue weighted by molar-refractivity contribution is -0.120. The lowest BCUT2D eigenvalue weighted by atomic mass is 9.96. The summed E-state index contributed by atoms with van der Waals surface area (Å²) in [6.45, 7) is 8.62. The van der Waals surface area contributed by atoms with E-state index in [9.17, 15) is 4.79 Å². The van der Waals surface area contributed by atoms with E-state index >= 15 is 0 Å². The molecule has 4 aromatic rings. The van der Waals surface area contributed by atoms with Gasteiger partial charge >= 0.3 is 0 Å². The largest absolute Gasteiger partial charge is 0.356 e. The molecule has 0 aliphatic carbocycles. The van der Waals surface area contributed by atoms with Crippen LogP contribution in [0, 0.1) is 5.92 Å². The number of carbonyl (C=O) groups is 1. The Morgan fingerprint density at radius 1 is 1.16 bits per heavy atom. The molecule has 160 valence electrons. The summed E-state index contributed by atoms with van der Waals surface area (Å²) in [5.41, 5.74) is 1.98. The van der Waals surface area contributed by atoms with E-state index in [1.165, 1.54) is 0 Å². The molecule has 0 radical (unpaired) electrons. The molecule has 0 atom stereocenters. The van der Waals surface area contributed by atoms with Crippen LogP contribution in [0.15, 0.2) is 40.9 Å². The van der Waals surface area contributed by atoms with Crippen molar-refractivity contribution in [1.82, 2.24) is 30.3 Å². The van der Waals surface area contributed by atoms with E-state index in [1.807, 2.05) is 40.9 Å². The van der Waals surface area contributed by atoms with Crippen molar-refractivity contribution in [3.05, 3.63) is 47.9 Å². The maximum Gasteiger partial charge on any atom is 0.226 e. The number of benzene rings is 1. The van der Waals surface area contributed by atoms with E-state index in [4.69, 9.17) is 9.62 Å². The van der Waals surface area contributed by atoms with E-state index in [2.05, 4.69) is 46.3 Å². The Balaban J connectivity index is 1.16. The zero-order valence-corrected chi connectivity index (χ0v) is 17.9. The average Bonchev–Trinajstić information content (AvgIpc) is 3.31. The first-order chi connectivity index (χ1) is 14.9. The second-order valence-corrected chi connectivity index (χ2v) is 9.11. The summed E-state index contributed by atoms with van der Waals surface area (Å²) < 4.78 is 7.10. The molecule has 1 N–H and O–H groups in total. The van der Waals surface area contributed by atoms with Crippen molar-refractivity contribution in [3.63, 3.8) is 0 Å². The fourth-order valence-electron chi connectivity index (χ4n) is 3.84. The number of hydrogen-bond donors (Lipinski definition) is 1. The quantitative estimate of drug-likeness (QED) is 0.530. The molecule has 0 bridgehead atoms. The highest BCUT2D eigenvalue weighted by Crippen LogP contribution is 2.25. The predicted octanol–water partition coefficient (Wildman–Crippen LogP) is 2.36. The standard InChI is InChI=1S/C22H25N7O2/c1-22(2,3)21-25-24-18-8-9-19(26-29(18)21)28-12-14(13-28)11-23-20(30)10-16-15-6-4-5-7-17(15)31-27-16/h4-9,14H,10-13H2,1-3H3,(H,23,30). The van der Waals surface area contributed by atoms with Crippen molar-refractivity contribution in [3.8, 4) is 0 Å². The summed E-state index contributed by atoms with van der Waals surface area (Å²) in [6.07, 6.45) is 0.217. The Bertz CT molecular complexity index is 1250. The van der Waals surface area contributed by atoms with Gasteiger partial charge in [0.2, 0.25) is 5.91 Å². The molecule has 1 aliphatic rings. The van der Waals surface area contributed by atoms with Crippen LogP contribution in [-0.2, 0) is 16.6 Å². The molecule has 1 saturated heterocycles. The van der Waals surface area contributed by atoms with Crippen LogP contribution in [-0.4, -0.2) is 50.5 Å². The topological polar surface area (TPSA) is 101 Å². The van der Waals surface area contributed by atoms with Crippen molar-refractivity contribution in [2.45, 2.75) is 32.6 Å². The van der Waals surface area contributed by atoms with Crippen LogP contribution in [0.5, 0.6) is 0 Å². The highest BCUT2D eigenvalue weighted by molar-refractivity contribution is 5.86. The minimum Gasteiger partial charge on any atom is -0.356 e. The van der Waals surface area contributed by atoms with Crippen molar-refractivity contribution in [2.75, 3.05) is 24.5 Å². The minimum absolute atomic E-state index is 0.0450.